The van der Waals surface area contributed by atoms with Gasteiger partial charge in [-0.2, -0.15) is 0 Å². The Morgan fingerprint density at radius 3 is 1.02 bits per heavy atom. The first kappa shape index (κ1) is 61.3. The molecule has 0 fully saturated rings. The van der Waals surface area contributed by atoms with Gasteiger partial charge in [-0.3, -0.25) is 9.59 Å². The highest BCUT2D eigenvalue weighted by molar-refractivity contribution is 5.71. The number of rotatable bonds is 51. The van der Waals surface area contributed by atoms with Gasteiger partial charge >= 0.3 is 17.9 Å². The lowest BCUT2D eigenvalue weighted by Gasteiger charge is -2.25. The van der Waals surface area contributed by atoms with Crippen molar-refractivity contribution in [3.8, 4) is 0 Å². The van der Waals surface area contributed by atoms with E-state index in [1.165, 1.54) is 193 Å². The number of hydrogen-bond donors (Lipinski definition) is 1. The van der Waals surface area contributed by atoms with E-state index in [4.69, 9.17) is 18.9 Å². The van der Waals surface area contributed by atoms with Gasteiger partial charge in [-0.05, 0) is 12.8 Å². The molecular weight excluding hydrogens is 791 g/mol. The number of likely N-dealkylation sites (N-methyl/N-ethyl adjacent to an activating group) is 1. The van der Waals surface area contributed by atoms with Crippen LogP contribution in [0, 0.1) is 0 Å². The molecule has 0 aliphatic heterocycles. The van der Waals surface area contributed by atoms with Gasteiger partial charge in [-0.1, -0.05) is 245 Å². The monoisotopic (exact) mass is 897 g/mol. The predicted molar refractivity (Wildman–Crippen MR) is 263 cm³/mol. The Labute approximate surface area is 390 Å². The zero-order chi connectivity index (χ0) is 46.3. The first-order chi connectivity index (χ1) is 30.6. The smallest absolute Gasteiger partial charge is 0.361 e. The molecule has 0 aromatic heterocycles. The van der Waals surface area contributed by atoms with E-state index in [0.717, 1.165) is 51.4 Å². The van der Waals surface area contributed by atoms with Gasteiger partial charge in [0, 0.05) is 12.8 Å². The number of carboxylic acid groups (broad SMARTS) is 1. The number of unbranched alkanes of at least 4 members (excludes halogenated alkanes) is 36. The van der Waals surface area contributed by atoms with Crippen molar-refractivity contribution in [2.75, 3.05) is 47.5 Å². The van der Waals surface area contributed by atoms with Crippen LogP contribution >= 0.6 is 0 Å². The summed E-state index contributed by atoms with van der Waals surface area (Å²) in [6.07, 6.45) is 48.3. The molecule has 0 saturated carbocycles. The van der Waals surface area contributed by atoms with Crippen LogP contribution in [0.25, 0.3) is 0 Å². The Kier molecular flexibility index (Phi) is 45.5. The summed E-state index contributed by atoms with van der Waals surface area (Å²) in [5.74, 6) is -2.00. The summed E-state index contributed by atoms with van der Waals surface area (Å²) in [4.78, 5) is 36.8. The van der Waals surface area contributed by atoms with Crippen molar-refractivity contribution in [3.63, 3.8) is 0 Å². The molecule has 9 heteroatoms. The van der Waals surface area contributed by atoms with Crippen LogP contribution in [0.5, 0.6) is 0 Å². The van der Waals surface area contributed by atoms with E-state index >= 15 is 0 Å². The van der Waals surface area contributed by atoms with Crippen molar-refractivity contribution < 1.29 is 42.9 Å². The topological polar surface area (TPSA) is 108 Å². The Bertz CT molecular complexity index is 1000. The molecule has 0 spiro atoms. The zero-order valence-corrected chi connectivity index (χ0v) is 42.5. The minimum absolute atomic E-state index is 0.176. The lowest BCUT2D eigenvalue weighted by atomic mass is 10.0. The van der Waals surface area contributed by atoms with Crippen LogP contribution in [-0.2, 0) is 33.3 Å². The quantitative estimate of drug-likeness (QED) is 0.0278. The summed E-state index contributed by atoms with van der Waals surface area (Å²) in [6.45, 7) is 4.82. The van der Waals surface area contributed by atoms with Gasteiger partial charge in [0.05, 0.1) is 34.4 Å². The molecular formula is C54H106NO8+. The second kappa shape index (κ2) is 46.8. The van der Waals surface area contributed by atoms with Gasteiger partial charge in [0.25, 0.3) is 6.29 Å². The largest absolute Gasteiger partial charge is 0.477 e. The van der Waals surface area contributed by atoms with Crippen molar-refractivity contribution in [3.05, 3.63) is 0 Å². The molecule has 2 atom stereocenters. The van der Waals surface area contributed by atoms with Crippen molar-refractivity contribution >= 4 is 17.9 Å². The van der Waals surface area contributed by atoms with Crippen molar-refractivity contribution in [1.29, 1.82) is 0 Å². The Morgan fingerprint density at radius 2 is 0.714 bits per heavy atom. The normalized spacial score (nSPS) is 12.7. The zero-order valence-electron chi connectivity index (χ0n) is 42.5. The van der Waals surface area contributed by atoms with Gasteiger partial charge in [-0.15, -0.1) is 0 Å². The number of carbonyl (C=O) groups excluding carboxylic acids is 2. The van der Waals surface area contributed by atoms with Crippen LogP contribution in [-0.4, -0.2) is 87.4 Å². The Hall–Kier alpha value is -1.71. The fourth-order valence-electron chi connectivity index (χ4n) is 8.13. The SMILES string of the molecule is CCCCCCCCCCCCCCCCCCCCCCCCCCCCCCCCCCCC(=O)OC(COC(=O)CCCCCCC)COC(OCC[N+](C)(C)C)C(=O)O. The fourth-order valence-corrected chi connectivity index (χ4v) is 8.13. The number of aliphatic carboxylic acids is 1. The summed E-state index contributed by atoms with van der Waals surface area (Å²) >= 11 is 0. The highest BCUT2D eigenvalue weighted by Crippen LogP contribution is 2.18. The van der Waals surface area contributed by atoms with E-state index in [9.17, 15) is 19.5 Å². The van der Waals surface area contributed by atoms with Gasteiger partial charge in [-0.25, -0.2) is 4.79 Å². The Balaban J connectivity index is 3.83. The number of nitrogens with zero attached hydrogens (tertiary/aromatic N) is 1. The highest BCUT2D eigenvalue weighted by atomic mass is 16.7. The van der Waals surface area contributed by atoms with Crippen molar-refractivity contribution in [2.45, 2.75) is 283 Å². The number of hydrogen-bond acceptors (Lipinski definition) is 7. The number of carboxylic acids is 1. The van der Waals surface area contributed by atoms with Crippen LogP contribution in [0.1, 0.15) is 271 Å². The minimum Gasteiger partial charge on any atom is -0.477 e. The molecule has 1 N–H and O–H groups in total. The molecule has 2 unspecified atom stereocenters. The van der Waals surface area contributed by atoms with E-state index in [1.54, 1.807) is 0 Å². The molecule has 0 radical (unpaired) electrons. The molecule has 0 amide bonds. The average molecular weight is 897 g/mol. The molecule has 9 nitrogen and oxygen atoms in total. The van der Waals surface area contributed by atoms with E-state index in [0.29, 0.717) is 17.4 Å². The number of esters is 2. The molecule has 0 saturated heterocycles. The third-order valence-corrected chi connectivity index (χ3v) is 12.4. The number of carbonyl (C=O) groups is 3. The lowest BCUT2D eigenvalue weighted by molar-refractivity contribution is -0.870. The third kappa shape index (κ3) is 48.1. The molecule has 63 heavy (non-hydrogen) atoms. The second-order valence-electron chi connectivity index (χ2n) is 19.9. The number of ether oxygens (including phenoxy) is 4. The first-order valence-corrected chi connectivity index (χ1v) is 27.2. The predicted octanol–water partition coefficient (Wildman–Crippen LogP) is 15.2. The molecule has 0 aromatic carbocycles. The standard InChI is InChI=1S/C54H105NO8/c1-6-8-10-12-13-14-15-16-17-18-19-20-21-22-23-24-25-26-27-28-29-30-31-32-33-34-35-36-37-38-39-41-43-45-52(57)63-50(48-61-51(56)44-42-40-11-9-7-2)49-62-54(53(58)59)60-47-46-55(3,4)5/h50,54H,6-49H2,1-5H3/p+1. The molecule has 0 aromatic rings. The fraction of sp³-hybridized carbons (Fsp3) is 0.944. The summed E-state index contributed by atoms with van der Waals surface area (Å²) in [5, 5.41) is 9.60. The molecule has 0 aliphatic rings. The van der Waals surface area contributed by atoms with Gasteiger partial charge in [0.15, 0.2) is 6.10 Å². The summed E-state index contributed by atoms with van der Waals surface area (Å²) in [7, 11) is 5.96. The van der Waals surface area contributed by atoms with Crippen LogP contribution < -0.4 is 0 Å². The minimum atomic E-state index is -1.50. The maximum atomic E-state index is 12.7. The molecule has 374 valence electrons. The van der Waals surface area contributed by atoms with Crippen LogP contribution in [0.4, 0.5) is 0 Å². The third-order valence-electron chi connectivity index (χ3n) is 12.4. The molecule has 0 aliphatic carbocycles. The maximum absolute atomic E-state index is 12.7. The highest BCUT2D eigenvalue weighted by Gasteiger charge is 2.25. The van der Waals surface area contributed by atoms with E-state index in [1.807, 2.05) is 21.1 Å². The van der Waals surface area contributed by atoms with Crippen LogP contribution in [0.2, 0.25) is 0 Å². The lowest BCUT2D eigenvalue weighted by Crippen LogP contribution is -2.40. The maximum Gasteiger partial charge on any atom is 0.361 e. The molecule has 0 bridgehead atoms. The van der Waals surface area contributed by atoms with Crippen molar-refractivity contribution in [1.82, 2.24) is 0 Å². The van der Waals surface area contributed by atoms with Gasteiger partial charge in [0.2, 0.25) is 0 Å². The van der Waals surface area contributed by atoms with E-state index in [2.05, 4.69) is 13.8 Å². The molecule has 0 rings (SSSR count). The average Bonchev–Trinajstić information content (AvgIpc) is 3.24. The van der Waals surface area contributed by atoms with E-state index in [-0.39, 0.29) is 32.2 Å². The van der Waals surface area contributed by atoms with Gasteiger partial charge in [0.1, 0.15) is 13.2 Å². The summed E-state index contributed by atoms with van der Waals surface area (Å²) in [5.41, 5.74) is 0. The van der Waals surface area contributed by atoms with Crippen LogP contribution in [0.15, 0.2) is 0 Å². The van der Waals surface area contributed by atoms with E-state index < -0.39 is 24.3 Å². The van der Waals surface area contributed by atoms with Crippen molar-refractivity contribution in [2.24, 2.45) is 0 Å². The van der Waals surface area contributed by atoms with Crippen LogP contribution in [0.3, 0.4) is 0 Å². The molecule has 0 heterocycles. The number of quaternary nitrogens is 1. The summed E-state index contributed by atoms with van der Waals surface area (Å²) in [6, 6.07) is 0. The van der Waals surface area contributed by atoms with Gasteiger partial charge < -0.3 is 28.5 Å². The summed E-state index contributed by atoms with van der Waals surface area (Å²) < 4.78 is 22.6. The first-order valence-electron chi connectivity index (χ1n) is 27.2. The Morgan fingerprint density at radius 1 is 0.413 bits per heavy atom. The second-order valence-corrected chi connectivity index (χ2v) is 19.9.